The third-order valence-corrected chi connectivity index (χ3v) is 5.39. The Morgan fingerprint density at radius 2 is 2.21 bits per heavy atom. The first-order valence-electron chi connectivity index (χ1n) is 3.45. The Morgan fingerprint density at radius 1 is 1.36 bits per heavy atom. The number of aromatic nitrogens is 1. The number of benzene rings is 1. The van der Waals surface area contributed by atoms with E-state index in [-0.39, 0.29) is 22.6 Å². The molecule has 71 valence electrons. The van der Waals surface area contributed by atoms with E-state index in [0.29, 0.717) is 9.77 Å². The van der Waals surface area contributed by atoms with Gasteiger partial charge in [-0.3, -0.25) is 4.79 Å². The molecule has 3 nitrogen and oxygen atoms in total. The molecule has 0 saturated carbocycles. The van der Waals surface area contributed by atoms with Crippen molar-refractivity contribution in [3.8, 4) is 10.6 Å². The molecule has 0 saturated heterocycles. The van der Waals surface area contributed by atoms with Gasteiger partial charge in [0, 0.05) is 21.5 Å². The minimum Gasteiger partial charge on any atom is -0.285 e. The van der Waals surface area contributed by atoms with Crippen molar-refractivity contribution in [2.75, 3.05) is 0 Å². The van der Waals surface area contributed by atoms with Crippen molar-refractivity contribution >= 4 is 48.3 Å². The second-order valence-electron chi connectivity index (χ2n) is 2.50. The Labute approximate surface area is 93.2 Å². The quantitative estimate of drug-likeness (QED) is 0.541. The summed E-state index contributed by atoms with van der Waals surface area (Å²) in [6, 6.07) is 0. The first kappa shape index (κ1) is 8.96. The fourth-order valence-corrected chi connectivity index (χ4v) is 4.85. The van der Waals surface area contributed by atoms with Gasteiger partial charge < -0.3 is 0 Å². The van der Waals surface area contributed by atoms with Crippen molar-refractivity contribution in [2.24, 2.45) is 0 Å². The highest BCUT2D eigenvalue weighted by Gasteiger charge is 2.30. The lowest BCUT2D eigenvalue weighted by Crippen LogP contribution is -2.10. The average molecular weight is 263 g/mol. The Kier molecular flexibility index (Phi) is 1.98. The molecule has 1 radical (unpaired) electrons. The predicted molar refractivity (Wildman–Crippen MR) is 58.1 cm³/mol. The molecule has 0 fully saturated rings. The SMILES string of the molecule is O=c1c2nssc-2c(F)c2c1[N]SS2. The van der Waals surface area contributed by atoms with E-state index in [0.717, 1.165) is 21.5 Å². The Morgan fingerprint density at radius 3 is 3.07 bits per heavy atom. The van der Waals surface area contributed by atoms with Gasteiger partial charge in [0.2, 0.25) is 5.43 Å². The molecular formula is C6FN2OS4. The number of fused-ring (bicyclic) bond motifs is 2. The summed E-state index contributed by atoms with van der Waals surface area (Å²) in [5.41, 5.74) is 0.164. The monoisotopic (exact) mass is 263 g/mol. The minimum atomic E-state index is -0.355. The van der Waals surface area contributed by atoms with Crippen molar-refractivity contribution in [3.63, 3.8) is 0 Å². The van der Waals surface area contributed by atoms with Crippen LogP contribution in [-0.2, 0) is 0 Å². The van der Waals surface area contributed by atoms with Gasteiger partial charge in [-0.05, 0) is 10.8 Å². The predicted octanol–water partition coefficient (Wildman–Crippen LogP) is 2.71. The van der Waals surface area contributed by atoms with Gasteiger partial charge in [-0.1, -0.05) is 10.3 Å². The highest BCUT2D eigenvalue weighted by molar-refractivity contribution is 8.76. The standard InChI is InChI=1S/C6FN2OS4/c7-1-5-2(8-13-11-5)4(10)3-6(1)12-14-9-3. The van der Waals surface area contributed by atoms with Gasteiger partial charge in [-0.2, -0.15) is 9.10 Å². The molecule has 0 N–H and O–H groups in total. The van der Waals surface area contributed by atoms with Crippen LogP contribution in [0.3, 0.4) is 0 Å². The van der Waals surface area contributed by atoms with E-state index in [1.165, 1.54) is 21.1 Å². The van der Waals surface area contributed by atoms with Gasteiger partial charge in [-0.15, -0.1) is 0 Å². The van der Waals surface area contributed by atoms with Crippen LogP contribution in [0.25, 0.3) is 10.6 Å². The summed E-state index contributed by atoms with van der Waals surface area (Å²) in [5.74, 6) is -0.355. The zero-order valence-corrected chi connectivity index (χ0v) is 9.58. The van der Waals surface area contributed by atoms with Gasteiger partial charge in [-0.25, -0.2) is 4.39 Å². The maximum absolute atomic E-state index is 13.7. The molecule has 0 amide bonds. The molecule has 3 aliphatic rings. The number of halogens is 1. The Bertz CT molecular complexity index is 536. The van der Waals surface area contributed by atoms with Gasteiger partial charge in [0.25, 0.3) is 0 Å². The summed E-state index contributed by atoms with van der Waals surface area (Å²) in [7, 11) is 4.63. The number of hydrogen-bond acceptors (Lipinski definition) is 6. The van der Waals surface area contributed by atoms with Gasteiger partial charge in [0.05, 0.1) is 4.90 Å². The molecule has 2 heterocycles. The maximum Gasteiger partial charge on any atom is 0.234 e. The summed E-state index contributed by atoms with van der Waals surface area (Å²) in [6.45, 7) is 0. The summed E-state index contributed by atoms with van der Waals surface area (Å²) < 4.78 is 21.5. The van der Waals surface area contributed by atoms with Crippen LogP contribution in [-0.4, -0.2) is 4.37 Å². The molecule has 0 aromatic carbocycles. The van der Waals surface area contributed by atoms with Crippen LogP contribution in [0.5, 0.6) is 0 Å². The molecule has 14 heavy (non-hydrogen) atoms. The normalized spacial score (nSPS) is 14.4. The fourth-order valence-electron chi connectivity index (χ4n) is 1.13. The van der Waals surface area contributed by atoms with E-state index in [9.17, 15) is 9.18 Å². The highest BCUT2D eigenvalue weighted by Crippen LogP contribution is 2.48. The number of nitrogens with zero attached hydrogens (tertiary/aromatic N) is 2. The molecular weight excluding hydrogens is 263 g/mol. The van der Waals surface area contributed by atoms with Gasteiger partial charge in [0.1, 0.15) is 16.3 Å². The van der Waals surface area contributed by atoms with E-state index in [1.807, 2.05) is 0 Å². The summed E-state index contributed by atoms with van der Waals surface area (Å²) >= 11 is 0. The van der Waals surface area contributed by atoms with Crippen LogP contribution in [0.4, 0.5) is 10.1 Å². The van der Waals surface area contributed by atoms with E-state index < -0.39 is 0 Å². The molecule has 0 unspecified atom stereocenters. The van der Waals surface area contributed by atoms with Crippen LogP contribution < -0.4 is 10.2 Å². The molecule has 0 aromatic rings. The number of rotatable bonds is 0. The summed E-state index contributed by atoms with van der Waals surface area (Å²) in [5, 5.41) is 0. The lowest BCUT2D eigenvalue weighted by atomic mass is 10.2. The van der Waals surface area contributed by atoms with Crippen molar-refractivity contribution in [1.82, 2.24) is 9.10 Å². The van der Waals surface area contributed by atoms with E-state index in [1.54, 1.807) is 0 Å². The van der Waals surface area contributed by atoms with Crippen molar-refractivity contribution in [1.29, 1.82) is 0 Å². The zero-order valence-electron chi connectivity index (χ0n) is 6.31. The third kappa shape index (κ3) is 1.05. The van der Waals surface area contributed by atoms with Crippen molar-refractivity contribution in [2.45, 2.75) is 4.90 Å². The molecule has 0 bridgehead atoms. The van der Waals surface area contributed by atoms with Crippen LogP contribution >= 0.6 is 42.7 Å². The number of hydrogen-bond donors (Lipinski definition) is 0. The highest BCUT2D eigenvalue weighted by atomic mass is 33.1. The minimum absolute atomic E-state index is 0.211. The molecule has 2 aliphatic heterocycles. The van der Waals surface area contributed by atoms with Crippen LogP contribution in [0.15, 0.2) is 9.69 Å². The first-order chi connectivity index (χ1) is 6.79. The second-order valence-corrected chi connectivity index (χ2v) is 6.20. The second kappa shape index (κ2) is 3.09. The van der Waals surface area contributed by atoms with Gasteiger partial charge in [0.15, 0.2) is 5.82 Å². The lowest BCUT2D eigenvalue weighted by Gasteiger charge is -1.99. The average Bonchev–Trinajstić information content (AvgIpc) is 2.82. The van der Waals surface area contributed by atoms with Crippen LogP contribution in [0, 0.1) is 5.82 Å². The van der Waals surface area contributed by atoms with Crippen LogP contribution in [0.1, 0.15) is 0 Å². The summed E-state index contributed by atoms with van der Waals surface area (Å²) in [6.07, 6.45) is 0. The fraction of sp³-hybridized carbons (Fsp3) is 0. The Hall–Kier alpha value is -0.310. The zero-order chi connectivity index (χ0) is 9.71. The molecule has 0 spiro atoms. The molecule has 1 aliphatic carbocycles. The molecule has 0 aromatic heterocycles. The lowest BCUT2D eigenvalue weighted by molar-refractivity contribution is 0.608. The largest absolute Gasteiger partial charge is 0.285 e. The molecule has 0 atom stereocenters. The smallest absolute Gasteiger partial charge is 0.234 e. The maximum atomic E-state index is 13.7. The first-order valence-corrected chi connectivity index (χ1v) is 7.66. The van der Waals surface area contributed by atoms with Crippen molar-refractivity contribution < 1.29 is 4.39 Å². The molecule has 3 rings (SSSR count). The van der Waals surface area contributed by atoms with E-state index in [2.05, 4.69) is 9.10 Å². The topological polar surface area (TPSA) is 44.1 Å². The van der Waals surface area contributed by atoms with Crippen LogP contribution in [0.2, 0.25) is 0 Å². The van der Waals surface area contributed by atoms with E-state index >= 15 is 0 Å². The molecule has 8 heteroatoms. The summed E-state index contributed by atoms with van der Waals surface area (Å²) in [4.78, 5) is 12.4. The Balaban J connectivity index is 2.52. The van der Waals surface area contributed by atoms with E-state index in [4.69, 9.17) is 0 Å². The third-order valence-electron chi connectivity index (χ3n) is 1.76. The van der Waals surface area contributed by atoms with Gasteiger partial charge >= 0.3 is 0 Å². The van der Waals surface area contributed by atoms with Crippen molar-refractivity contribution in [3.05, 3.63) is 16.0 Å².